The molecular weight excluding hydrogens is 616 g/mol. The molecule has 2 saturated heterocycles. The number of hydroxylamine groups is 4. The molecular formula is C36H30N4O8. The first-order valence-corrected chi connectivity index (χ1v) is 15.2. The van der Waals surface area contributed by atoms with Crippen molar-refractivity contribution in [3.63, 3.8) is 0 Å². The zero-order valence-electron chi connectivity index (χ0n) is 25.6. The topological polar surface area (TPSA) is 165 Å². The molecule has 2 aliphatic rings. The van der Waals surface area contributed by atoms with Crippen LogP contribution >= 0.6 is 0 Å². The van der Waals surface area contributed by atoms with Crippen LogP contribution in [0.25, 0.3) is 0 Å². The van der Waals surface area contributed by atoms with Crippen LogP contribution < -0.4 is 11.1 Å². The predicted molar refractivity (Wildman–Crippen MR) is 172 cm³/mol. The van der Waals surface area contributed by atoms with Gasteiger partial charge in [-0.2, -0.15) is 0 Å². The molecule has 0 aromatic heterocycles. The Hall–Kier alpha value is -6.30. The summed E-state index contributed by atoms with van der Waals surface area (Å²) < 4.78 is 0. The van der Waals surface area contributed by atoms with Crippen LogP contribution in [0, 0.1) is 0 Å². The molecule has 48 heavy (non-hydrogen) atoms. The van der Waals surface area contributed by atoms with Crippen molar-refractivity contribution in [2.75, 3.05) is 11.1 Å². The van der Waals surface area contributed by atoms with E-state index in [2.05, 4.69) is 5.32 Å². The van der Waals surface area contributed by atoms with Gasteiger partial charge in [0.25, 0.3) is 23.6 Å². The Balaban J connectivity index is 0.995. The van der Waals surface area contributed by atoms with Crippen LogP contribution in [-0.2, 0) is 41.7 Å². The first-order valence-electron chi connectivity index (χ1n) is 15.2. The highest BCUT2D eigenvalue weighted by molar-refractivity contribution is 6.07. The summed E-state index contributed by atoms with van der Waals surface area (Å²) in [5.74, 6) is -4.01. The lowest BCUT2D eigenvalue weighted by molar-refractivity contribution is -0.173. The summed E-state index contributed by atoms with van der Waals surface area (Å²) in [7, 11) is 0. The van der Waals surface area contributed by atoms with Crippen molar-refractivity contribution in [3.05, 3.63) is 130 Å². The van der Waals surface area contributed by atoms with Crippen LogP contribution in [0.1, 0.15) is 62.2 Å². The first-order chi connectivity index (χ1) is 23.1. The van der Waals surface area contributed by atoms with Crippen molar-refractivity contribution < 1.29 is 38.4 Å². The standard InChI is InChI=1S/C36H30N4O8/c37-28-3-1-2-25(20-28)19-23-6-12-27(13-7-23)36(46)48-40-33(43)21-30(34(40)44)38-29-14-8-24(9-15-29)18-22-4-10-26(11-5-22)35(45)47-39-31(41)16-17-32(39)42/h1-15,20,30,38H,16-19,21,37H2. The number of hydrogen-bond donors (Lipinski definition) is 2. The molecule has 4 aromatic carbocycles. The maximum Gasteiger partial charge on any atom is 0.363 e. The SMILES string of the molecule is Nc1cccc(Cc2ccc(C(=O)ON3C(=O)CC(Nc4ccc(Cc5ccc(C(=O)ON6C(=O)CCC6=O)cc5)cc4)C3=O)cc2)c1. The number of carbonyl (C=O) groups excluding carboxylic acids is 6. The van der Waals surface area contributed by atoms with Crippen molar-refractivity contribution >= 4 is 46.9 Å². The van der Waals surface area contributed by atoms with Crippen LogP contribution in [0.2, 0.25) is 0 Å². The van der Waals surface area contributed by atoms with Gasteiger partial charge in [-0.1, -0.05) is 48.5 Å². The molecule has 1 atom stereocenters. The fourth-order valence-electron chi connectivity index (χ4n) is 5.36. The number of hydrogen-bond acceptors (Lipinski definition) is 10. The first kappa shape index (κ1) is 31.7. The van der Waals surface area contributed by atoms with E-state index in [-0.39, 0.29) is 30.4 Å². The third-order valence-electron chi connectivity index (χ3n) is 7.90. The van der Waals surface area contributed by atoms with Gasteiger partial charge in [-0.3, -0.25) is 19.2 Å². The molecule has 2 heterocycles. The van der Waals surface area contributed by atoms with Crippen molar-refractivity contribution in [2.24, 2.45) is 0 Å². The van der Waals surface area contributed by atoms with Crippen LogP contribution in [0.4, 0.5) is 11.4 Å². The maximum absolute atomic E-state index is 13.0. The fraction of sp³-hybridized carbons (Fsp3) is 0.167. The number of benzene rings is 4. The maximum atomic E-state index is 13.0. The Morgan fingerprint density at radius 3 is 1.69 bits per heavy atom. The molecule has 6 rings (SSSR count). The number of carbonyl (C=O) groups is 6. The van der Waals surface area contributed by atoms with Gasteiger partial charge in [-0.25, -0.2) is 9.59 Å². The number of nitrogens with zero attached hydrogens (tertiary/aromatic N) is 2. The molecule has 12 nitrogen and oxygen atoms in total. The van der Waals surface area contributed by atoms with Gasteiger partial charge in [0.2, 0.25) is 0 Å². The summed E-state index contributed by atoms with van der Waals surface area (Å²) in [6.07, 6.45) is 1.02. The fourth-order valence-corrected chi connectivity index (χ4v) is 5.36. The molecule has 242 valence electrons. The van der Waals surface area contributed by atoms with Crippen molar-refractivity contribution in [2.45, 2.75) is 38.1 Å². The van der Waals surface area contributed by atoms with Crippen LogP contribution in [0.15, 0.2) is 97.1 Å². The molecule has 0 spiro atoms. The molecule has 0 bridgehead atoms. The summed E-state index contributed by atoms with van der Waals surface area (Å²) in [6.45, 7) is 0. The van der Waals surface area contributed by atoms with E-state index >= 15 is 0 Å². The van der Waals surface area contributed by atoms with Crippen molar-refractivity contribution in [1.82, 2.24) is 10.1 Å². The van der Waals surface area contributed by atoms with E-state index in [0.29, 0.717) is 34.3 Å². The minimum Gasteiger partial charge on any atom is -0.399 e. The third-order valence-corrected chi connectivity index (χ3v) is 7.90. The highest BCUT2D eigenvalue weighted by Gasteiger charge is 2.42. The van der Waals surface area contributed by atoms with E-state index < -0.39 is 41.6 Å². The van der Waals surface area contributed by atoms with E-state index in [1.807, 2.05) is 36.4 Å². The van der Waals surface area contributed by atoms with Gasteiger partial charge in [0.1, 0.15) is 6.04 Å². The van der Waals surface area contributed by atoms with Gasteiger partial charge in [0.05, 0.1) is 17.5 Å². The summed E-state index contributed by atoms with van der Waals surface area (Å²) in [6, 6.07) is 27.1. The van der Waals surface area contributed by atoms with Gasteiger partial charge < -0.3 is 20.7 Å². The predicted octanol–water partition coefficient (Wildman–Crippen LogP) is 3.98. The summed E-state index contributed by atoms with van der Waals surface area (Å²) in [4.78, 5) is 84.2. The number of amides is 4. The summed E-state index contributed by atoms with van der Waals surface area (Å²) >= 11 is 0. The average molecular weight is 647 g/mol. The van der Waals surface area contributed by atoms with Gasteiger partial charge in [-0.05, 0) is 83.6 Å². The van der Waals surface area contributed by atoms with E-state index in [4.69, 9.17) is 15.4 Å². The Bertz CT molecular complexity index is 1890. The molecule has 2 aliphatic heterocycles. The zero-order valence-corrected chi connectivity index (χ0v) is 25.6. The lowest BCUT2D eigenvalue weighted by atomic mass is 10.0. The molecule has 4 amide bonds. The smallest absolute Gasteiger partial charge is 0.363 e. The van der Waals surface area contributed by atoms with Gasteiger partial charge in [0, 0.05) is 24.2 Å². The van der Waals surface area contributed by atoms with Crippen LogP contribution in [-0.4, -0.2) is 51.7 Å². The molecule has 3 N–H and O–H groups in total. The highest BCUT2D eigenvalue weighted by atomic mass is 16.7. The Morgan fingerprint density at radius 1 is 0.646 bits per heavy atom. The number of nitrogen functional groups attached to an aromatic ring is 1. The Morgan fingerprint density at radius 2 is 1.15 bits per heavy atom. The van der Waals surface area contributed by atoms with Gasteiger partial charge >= 0.3 is 11.9 Å². The molecule has 2 fully saturated rings. The number of rotatable bonds is 10. The molecule has 12 heteroatoms. The van der Waals surface area contributed by atoms with Crippen LogP contribution in [0.5, 0.6) is 0 Å². The lowest BCUT2D eigenvalue weighted by Crippen LogP contribution is -2.36. The second-order valence-electron chi connectivity index (χ2n) is 11.5. The molecule has 4 aromatic rings. The third kappa shape index (κ3) is 7.23. The van der Waals surface area contributed by atoms with Crippen molar-refractivity contribution in [3.8, 4) is 0 Å². The highest BCUT2D eigenvalue weighted by Crippen LogP contribution is 2.22. The quantitative estimate of drug-likeness (QED) is 0.190. The second-order valence-corrected chi connectivity index (χ2v) is 11.5. The van der Waals surface area contributed by atoms with Crippen molar-refractivity contribution in [1.29, 1.82) is 0 Å². The monoisotopic (exact) mass is 646 g/mol. The number of imide groups is 2. The zero-order chi connectivity index (χ0) is 33.8. The molecule has 1 unspecified atom stereocenters. The van der Waals surface area contributed by atoms with E-state index in [1.165, 1.54) is 0 Å². The summed E-state index contributed by atoms with van der Waals surface area (Å²) in [5.41, 5.74) is 11.3. The second kappa shape index (κ2) is 13.6. The Kier molecular flexibility index (Phi) is 8.97. The number of nitrogens with one attached hydrogen (secondary N) is 1. The molecule has 0 aliphatic carbocycles. The minimum atomic E-state index is -0.907. The van der Waals surface area contributed by atoms with Crippen LogP contribution in [0.3, 0.4) is 0 Å². The van der Waals surface area contributed by atoms with E-state index in [1.54, 1.807) is 60.7 Å². The number of anilines is 2. The molecule has 0 radical (unpaired) electrons. The largest absolute Gasteiger partial charge is 0.399 e. The lowest BCUT2D eigenvalue weighted by Gasteiger charge is -2.15. The van der Waals surface area contributed by atoms with E-state index in [9.17, 15) is 28.8 Å². The van der Waals surface area contributed by atoms with Gasteiger partial charge in [0.15, 0.2) is 0 Å². The number of nitrogens with two attached hydrogens (primary N) is 1. The Labute approximate surface area is 274 Å². The summed E-state index contributed by atoms with van der Waals surface area (Å²) in [5, 5.41) is 4.05. The van der Waals surface area contributed by atoms with Gasteiger partial charge in [-0.15, -0.1) is 10.1 Å². The molecule has 0 saturated carbocycles. The average Bonchev–Trinajstić information content (AvgIpc) is 3.53. The normalized spacial score (nSPS) is 16.0. The van der Waals surface area contributed by atoms with E-state index in [0.717, 1.165) is 22.3 Å². The minimum absolute atomic E-state index is 0.0194.